The molecule has 0 amide bonds. The first-order chi connectivity index (χ1) is 26.0. The van der Waals surface area contributed by atoms with Gasteiger partial charge in [-0.15, -0.1) is 0 Å². The number of hydrogen-bond acceptors (Lipinski definition) is 3. The number of benzene rings is 7. The van der Waals surface area contributed by atoms with E-state index < -0.39 is 8.07 Å². The molecule has 4 aliphatic rings. The first-order valence-corrected chi connectivity index (χ1v) is 23.6. The van der Waals surface area contributed by atoms with Gasteiger partial charge in [0.05, 0.1) is 9.79 Å². The van der Waals surface area contributed by atoms with Gasteiger partial charge in [-0.05, 0) is 114 Å². The van der Waals surface area contributed by atoms with E-state index in [2.05, 4.69) is 174 Å². The van der Waals surface area contributed by atoms with E-state index in [0.29, 0.717) is 0 Å². The van der Waals surface area contributed by atoms with Crippen molar-refractivity contribution in [3.8, 4) is 56.0 Å². The Hall–Kier alpha value is -4.74. The summed E-state index contributed by atoms with van der Waals surface area (Å²) in [4.78, 5) is 5.28. The summed E-state index contributed by atoms with van der Waals surface area (Å²) < 4.78 is 6.65. The first kappa shape index (κ1) is 32.7. The number of rotatable bonds is 2. The van der Waals surface area contributed by atoms with Gasteiger partial charge in [-0.1, -0.05) is 155 Å². The normalized spacial score (nSPS) is 16.8. The van der Waals surface area contributed by atoms with Crippen molar-refractivity contribution in [3.63, 3.8) is 0 Å². The maximum absolute atomic E-state index is 6.65. The third kappa shape index (κ3) is 4.42. The fraction of sp³-hybridized carbons (Fsp3) is 0.160. The van der Waals surface area contributed by atoms with Crippen LogP contribution in [0.25, 0.3) is 44.5 Å². The smallest absolute Gasteiger partial charge is 0.149 e. The van der Waals surface area contributed by atoms with Gasteiger partial charge in [0, 0.05) is 26.2 Å². The van der Waals surface area contributed by atoms with Crippen LogP contribution in [0.5, 0.6) is 11.5 Å². The molecule has 1 nitrogen and oxygen atoms in total. The van der Waals surface area contributed by atoms with Gasteiger partial charge in [0.2, 0.25) is 0 Å². The fourth-order valence-electron chi connectivity index (χ4n) is 9.76. The monoisotopic (exact) mass is 748 g/mol. The maximum atomic E-state index is 6.65. The quantitative estimate of drug-likeness (QED) is 0.163. The molecule has 7 aromatic rings. The van der Waals surface area contributed by atoms with Crippen LogP contribution in [-0.4, -0.2) is 8.07 Å². The van der Waals surface area contributed by atoms with E-state index in [1.807, 2.05) is 11.8 Å². The number of ether oxygens (including phenoxy) is 1. The average Bonchev–Trinajstić information content (AvgIpc) is 3.56. The Bertz CT molecular complexity index is 2790. The predicted octanol–water partition coefficient (Wildman–Crippen LogP) is 13.2. The van der Waals surface area contributed by atoms with Crippen LogP contribution in [0.15, 0.2) is 153 Å². The minimum atomic E-state index is -1.83. The van der Waals surface area contributed by atoms with Crippen LogP contribution in [0.2, 0.25) is 13.1 Å². The minimum Gasteiger partial charge on any atom is -0.454 e. The molecule has 7 aromatic carbocycles. The summed E-state index contributed by atoms with van der Waals surface area (Å²) in [6.07, 6.45) is 0. The molecular weight excluding hydrogens is 709 g/mol. The minimum absolute atomic E-state index is 0.0827. The SMILES string of the molecule is CC1(C)c2cc(-c3cccc(-c4ccc5c(c4)C(C)(C)c4ccc6c(c4-5)Sc4ccccc4[Si]6(C)C)c3)ccc2-c2c1ccc1c2Oc2ccccc2S1. The summed E-state index contributed by atoms with van der Waals surface area (Å²) in [5.74, 6) is 1.94. The highest BCUT2D eigenvalue weighted by Gasteiger charge is 2.43. The lowest BCUT2D eigenvalue weighted by molar-refractivity contribution is 0.455. The van der Waals surface area contributed by atoms with Gasteiger partial charge in [-0.2, -0.15) is 0 Å². The van der Waals surface area contributed by atoms with Crippen molar-refractivity contribution in [2.24, 2.45) is 0 Å². The molecule has 0 radical (unpaired) electrons. The summed E-state index contributed by atoms with van der Waals surface area (Å²) in [7, 11) is -1.83. The standard InChI is InChI=1S/C50H40OS2Si/c1-49(2)35-22-24-42-47(51-39-14-7-8-15-40(39)52-42)45(35)33-20-18-31(27-37(33)49)29-12-11-13-30(26-29)32-19-21-34-38(28-32)50(3,4)36-23-25-44-48(46(34)36)53-41-16-9-10-17-43(41)54(44,5)6/h7-28H,1-6H3. The molecule has 2 aliphatic carbocycles. The van der Waals surface area contributed by atoms with Gasteiger partial charge in [0.15, 0.2) is 0 Å². The second-order valence-corrected chi connectivity index (χ2v) is 23.4. The maximum Gasteiger partial charge on any atom is 0.149 e. The fourth-order valence-corrected chi connectivity index (χ4v) is 16.3. The third-order valence-corrected chi connectivity index (χ3v) is 19.0. The van der Waals surface area contributed by atoms with E-state index in [0.717, 1.165) is 11.5 Å². The lowest BCUT2D eigenvalue weighted by Crippen LogP contribution is -2.56. The summed E-state index contributed by atoms with van der Waals surface area (Å²) in [6.45, 7) is 14.6. The molecule has 4 heteroatoms. The Balaban J connectivity index is 0.971. The second-order valence-electron chi connectivity index (χ2n) is 16.9. The molecular formula is C50H40OS2Si. The largest absolute Gasteiger partial charge is 0.454 e. The van der Waals surface area contributed by atoms with Crippen molar-refractivity contribution < 1.29 is 4.74 Å². The van der Waals surface area contributed by atoms with Crippen LogP contribution in [-0.2, 0) is 10.8 Å². The molecule has 11 rings (SSSR count). The molecule has 0 fully saturated rings. The molecule has 0 saturated heterocycles. The van der Waals surface area contributed by atoms with E-state index in [4.69, 9.17) is 4.74 Å². The van der Waals surface area contributed by atoms with Crippen LogP contribution in [0.1, 0.15) is 49.9 Å². The first-order valence-electron chi connectivity index (χ1n) is 19.0. The molecule has 262 valence electrons. The van der Waals surface area contributed by atoms with Gasteiger partial charge in [0.1, 0.15) is 19.6 Å². The highest BCUT2D eigenvalue weighted by atomic mass is 32.2. The van der Waals surface area contributed by atoms with E-state index in [1.165, 1.54) is 86.3 Å². The summed E-state index contributed by atoms with van der Waals surface area (Å²) in [6, 6.07) is 50.4. The van der Waals surface area contributed by atoms with Crippen LogP contribution < -0.4 is 15.1 Å². The Kier molecular flexibility index (Phi) is 6.75. The molecule has 0 aromatic heterocycles. The Morgan fingerprint density at radius 2 is 1.06 bits per heavy atom. The molecule has 2 aliphatic heterocycles. The Morgan fingerprint density at radius 1 is 0.463 bits per heavy atom. The van der Waals surface area contributed by atoms with E-state index in [1.54, 1.807) is 22.1 Å². The number of para-hydroxylation sites is 1. The molecule has 0 saturated carbocycles. The third-order valence-electron chi connectivity index (χ3n) is 12.8. The van der Waals surface area contributed by atoms with Gasteiger partial charge in [-0.25, -0.2) is 0 Å². The molecule has 0 atom stereocenters. The molecule has 54 heavy (non-hydrogen) atoms. The summed E-state index contributed by atoms with van der Waals surface area (Å²) in [5, 5.41) is 3.13. The molecule has 0 unspecified atom stereocenters. The average molecular weight is 749 g/mol. The van der Waals surface area contributed by atoms with Crippen molar-refractivity contribution in [3.05, 3.63) is 156 Å². The van der Waals surface area contributed by atoms with Gasteiger partial charge >= 0.3 is 0 Å². The van der Waals surface area contributed by atoms with Gasteiger partial charge in [0.25, 0.3) is 0 Å². The van der Waals surface area contributed by atoms with Crippen LogP contribution in [0.4, 0.5) is 0 Å². The van der Waals surface area contributed by atoms with Crippen molar-refractivity contribution in [2.45, 2.75) is 71.2 Å². The summed E-state index contributed by atoms with van der Waals surface area (Å²) >= 11 is 3.79. The lowest BCUT2D eigenvalue weighted by atomic mass is 9.81. The summed E-state index contributed by atoms with van der Waals surface area (Å²) in [5.41, 5.74) is 15.7. The predicted molar refractivity (Wildman–Crippen MR) is 230 cm³/mol. The molecule has 0 bridgehead atoms. The topological polar surface area (TPSA) is 9.23 Å². The van der Waals surface area contributed by atoms with Gasteiger partial charge < -0.3 is 4.74 Å². The Morgan fingerprint density at radius 3 is 1.78 bits per heavy atom. The highest BCUT2D eigenvalue weighted by Crippen LogP contribution is 2.59. The molecule has 0 N–H and O–H groups in total. The zero-order valence-electron chi connectivity index (χ0n) is 31.4. The second kappa shape index (κ2) is 11.2. The van der Waals surface area contributed by atoms with E-state index in [-0.39, 0.29) is 10.8 Å². The van der Waals surface area contributed by atoms with Crippen molar-refractivity contribution in [2.75, 3.05) is 0 Å². The van der Waals surface area contributed by atoms with Crippen LogP contribution in [0.3, 0.4) is 0 Å². The molecule has 0 spiro atoms. The highest BCUT2D eigenvalue weighted by molar-refractivity contribution is 8.00. The van der Waals surface area contributed by atoms with E-state index in [9.17, 15) is 0 Å². The van der Waals surface area contributed by atoms with Crippen molar-refractivity contribution in [1.82, 2.24) is 0 Å². The van der Waals surface area contributed by atoms with Crippen molar-refractivity contribution in [1.29, 1.82) is 0 Å². The van der Waals surface area contributed by atoms with Crippen LogP contribution >= 0.6 is 23.5 Å². The zero-order valence-corrected chi connectivity index (χ0v) is 34.1. The van der Waals surface area contributed by atoms with E-state index >= 15 is 0 Å². The lowest BCUT2D eigenvalue weighted by Gasteiger charge is -2.34. The zero-order chi connectivity index (χ0) is 36.7. The number of hydrogen-bond donors (Lipinski definition) is 0. The Labute approximate surface area is 327 Å². The van der Waals surface area contributed by atoms with Crippen molar-refractivity contribution >= 4 is 42.0 Å². The molecule has 2 heterocycles. The van der Waals surface area contributed by atoms with Crippen LogP contribution in [0, 0.1) is 0 Å². The number of fused-ring (bicyclic) bond motifs is 12. The van der Waals surface area contributed by atoms with Gasteiger partial charge in [-0.3, -0.25) is 0 Å².